The molecular formula is C13H27N3O3S. The van der Waals surface area contributed by atoms with Crippen LogP contribution in [0.15, 0.2) is 5.16 Å². The van der Waals surface area contributed by atoms with Gasteiger partial charge in [-0.1, -0.05) is 31.8 Å². The van der Waals surface area contributed by atoms with Crippen molar-refractivity contribution in [1.29, 1.82) is 0 Å². The Balaban J connectivity index is 5.19. The summed E-state index contributed by atoms with van der Waals surface area (Å²) in [5, 5.41) is 14.9. The van der Waals surface area contributed by atoms with E-state index in [0.717, 1.165) is 12.8 Å². The fourth-order valence-electron chi connectivity index (χ4n) is 2.43. The molecule has 6 nitrogen and oxygen atoms in total. The van der Waals surface area contributed by atoms with Crippen molar-refractivity contribution in [3.05, 3.63) is 0 Å². The van der Waals surface area contributed by atoms with Gasteiger partial charge in [-0.25, -0.2) is 0 Å². The van der Waals surface area contributed by atoms with E-state index in [2.05, 4.69) is 10.5 Å². The molecule has 2 atom stereocenters. The van der Waals surface area contributed by atoms with Crippen LogP contribution in [0.3, 0.4) is 0 Å². The zero-order chi connectivity index (χ0) is 15.8. The molecule has 0 fully saturated rings. The van der Waals surface area contributed by atoms with Crippen molar-refractivity contribution in [2.24, 2.45) is 16.3 Å². The molecular weight excluding hydrogens is 278 g/mol. The molecule has 0 saturated heterocycles. The number of oxime groups is 1. The van der Waals surface area contributed by atoms with Crippen LogP contribution in [0.5, 0.6) is 0 Å². The van der Waals surface area contributed by atoms with E-state index in [-0.39, 0.29) is 17.8 Å². The Bertz CT molecular complexity index is 366. The van der Waals surface area contributed by atoms with E-state index in [9.17, 15) is 9.00 Å². The van der Waals surface area contributed by atoms with Crippen LogP contribution in [0.4, 0.5) is 0 Å². The number of amidine groups is 1. The quantitative estimate of drug-likeness (QED) is 0.258. The molecule has 1 amide bonds. The lowest BCUT2D eigenvalue weighted by molar-refractivity contribution is -0.128. The van der Waals surface area contributed by atoms with Crippen molar-refractivity contribution in [1.82, 2.24) is 5.32 Å². The SMILES string of the molecule is CCCC(CCC)(C(=O)NC(C)CS(C)=O)C(N)=NO. The lowest BCUT2D eigenvalue weighted by atomic mass is 9.77. The van der Waals surface area contributed by atoms with E-state index in [1.165, 1.54) is 0 Å². The Morgan fingerprint density at radius 3 is 2.25 bits per heavy atom. The van der Waals surface area contributed by atoms with Crippen LogP contribution in [0, 0.1) is 5.41 Å². The molecule has 0 aromatic rings. The van der Waals surface area contributed by atoms with E-state index in [1.54, 1.807) is 13.2 Å². The molecule has 0 aromatic heterocycles. The topological polar surface area (TPSA) is 105 Å². The summed E-state index contributed by atoms with van der Waals surface area (Å²) >= 11 is 0. The maximum absolute atomic E-state index is 12.6. The van der Waals surface area contributed by atoms with E-state index < -0.39 is 16.2 Å². The summed E-state index contributed by atoms with van der Waals surface area (Å²) in [6.07, 6.45) is 4.13. The van der Waals surface area contributed by atoms with Crippen molar-refractivity contribution in [3.8, 4) is 0 Å². The molecule has 20 heavy (non-hydrogen) atoms. The van der Waals surface area contributed by atoms with E-state index in [1.807, 2.05) is 13.8 Å². The first kappa shape index (κ1) is 18.9. The molecule has 118 valence electrons. The first-order valence-corrected chi connectivity index (χ1v) is 8.65. The minimum Gasteiger partial charge on any atom is -0.409 e. The number of rotatable bonds is 9. The second-order valence-corrected chi connectivity index (χ2v) is 6.66. The van der Waals surface area contributed by atoms with E-state index in [0.29, 0.717) is 18.6 Å². The fourth-order valence-corrected chi connectivity index (χ4v) is 3.22. The van der Waals surface area contributed by atoms with Gasteiger partial charge in [-0.3, -0.25) is 9.00 Å². The summed E-state index contributed by atoms with van der Waals surface area (Å²) < 4.78 is 11.2. The summed E-state index contributed by atoms with van der Waals surface area (Å²) in [6, 6.07) is -0.215. The van der Waals surface area contributed by atoms with Crippen LogP contribution in [0.25, 0.3) is 0 Å². The number of nitrogens with one attached hydrogen (secondary N) is 1. The molecule has 0 radical (unpaired) electrons. The zero-order valence-corrected chi connectivity index (χ0v) is 13.6. The first-order valence-electron chi connectivity index (χ1n) is 6.93. The van der Waals surface area contributed by atoms with Gasteiger partial charge in [-0.2, -0.15) is 0 Å². The van der Waals surface area contributed by atoms with Gasteiger partial charge in [0, 0.05) is 28.9 Å². The molecule has 0 aliphatic rings. The highest BCUT2D eigenvalue weighted by Crippen LogP contribution is 2.31. The largest absolute Gasteiger partial charge is 0.409 e. The third-order valence-electron chi connectivity index (χ3n) is 3.25. The van der Waals surface area contributed by atoms with Gasteiger partial charge in [0.1, 0.15) is 5.41 Å². The van der Waals surface area contributed by atoms with Crippen molar-refractivity contribution in [2.45, 2.75) is 52.5 Å². The lowest BCUT2D eigenvalue weighted by Gasteiger charge is -2.32. The fraction of sp³-hybridized carbons (Fsp3) is 0.846. The van der Waals surface area contributed by atoms with Crippen molar-refractivity contribution < 1.29 is 14.2 Å². The molecule has 4 N–H and O–H groups in total. The molecule has 0 aliphatic heterocycles. The number of carbonyl (C=O) groups is 1. The van der Waals surface area contributed by atoms with Crippen molar-refractivity contribution in [2.75, 3.05) is 12.0 Å². The Morgan fingerprint density at radius 1 is 1.40 bits per heavy atom. The Hall–Kier alpha value is -1.11. The van der Waals surface area contributed by atoms with Gasteiger partial charge >= 0.3 is 0 Å². The predicted molar refractivity (Wildman–Crippen MR) is 82.2 cm³/mol. The van der Waals surface area contributed by atoms with Crippen LogP contribution in [0.2, 0.25) is 0 Å². The summed E-state index contributed by atoms with van der Waals surface area (Å²) in [7, 11) is -0.984. The maximum atomic E-state index is 12.6. The number of hydrogen-bond donors (Lipinski definition) is 3. The number of nitrogens with two attached hydrogens (primary N) is 1. The van der Waals surface area contributed by atoms with Gasteiger partial charge in [0.15, 0.2) is 5.84 Å². The highest BCUT2D eigenvalue weighted by molar-refractivity contribution is 7.84. The number of carbonyl (C=O) groups excluding carboxylic acids is 1. The van der Waals surface area contributed by atoms with Crippen LogP contribution < -0.4 is 11.1 Å². The molecule has 0 heterocycles. The number of nitrogens with zero attached hydrogens (tertiary/aromatic N) is 1. The molecule has 0 aromatic carbocycles. The average molecular weight is 305 g/mol. The minimum absolute atomic E-state index is 0.0523. The highest BCUT2D eigenvalue weighted by Gasteiger charge is 2.41. The smallest absolute Gasteiger partial charge is 0.234 e. The molecule has 2 unspecified atom stereocenters. The van der Waals surface area contributed by atoms with E-state index >= 15 is 0 Å². The van der Waals surface area contributed by atoms with Gasteiger partial charge in [0.2, 0.25) is 5.91 Å². The van der Waals surface area contributed by atoms with Gasteiger partial charge in [-0.15, -0.1) is 0 Å². The molecule has 0 saturated carbocycles. The van der Waals surface area contributed by atoms with Crippen molar-refractivity contribution in [3.63, 3.8) is 0 Å². The molecule has 0 bridgehead atoms. The lowest BCUT2D eigenvalue weighted by Crippen LogP contribution is -2.52. The van der Waals surface area contributed by atoms with Crippen LogP contribution >= 0.6 is 0 Å². The van der Waals surface area contributed by atoms with Crippen LogP contribution in [-0.2, 0) is 15.6 Å². The maximum Gasteiger partial charge on any atom is 0.234 e. The average Bonchev–Trinajstić information content (AvgIpc) is 2.36. The van der Waals surface area contributed by atoms with Crippen molar-refractivity contribution >= 4 is 22.5 Å². The summed E-state index contributed by atoms with van der Waals surface area (Å²) in [6.45, 7) is 5.70. The van der Waals surface area contributed by atoms with Gasteiger partial charge in [0.05, 0.1) is 0 Å². The normalized spacial score (nSPS) is 15.7. The third-order valence-corrected chi connectivity index (χ3v) is 4.22. The van der Waals surface area contributed by atoms with Gasteiger partial charge in [0.25, 0.3) is 0 Å². The number of amides is 1. The van der Waals surface area contributed by atoms with Gasteiger partial charge in [-0.05, 0) is 19.8 Å². The molecule has 7 heteroatoms. The zero-order valence-electron chi connectivity index (χ0n) is 12.8. The Kier molecular flexibility index (Phi) is 8.45. The first-order chi connectivity index (χ1) is 9.33. The van der Waals surface area contributed by atoms with Crippen LogP contribution in [-0.4, -0.2) is 39.2 Å². The summed E-state index contributed by atoms with van der Waals surface area (Å²) in [5.41, 5.74) is 4.80. The standard InChI is InChI=1S/C13H27N3O3S/c1-5-7-13(8-6-2,11(14)16-18)12(17)15-10(3)9-20(4)19/h10,18H,5-9H2,1-4H3,(H2,14,16)(H,15,17). The molecule has 0 rings (SSSR count). The van der Waals surface area contributed by atoms with Crippen LogP contribution in [0.1, 0.15) is 46.5 Å². The molecule has 0 aliphatic carbocycles. The predicted octanol–water partition coefficient (Wildman–Crippen LogP) is 1.20. The van der Waals surface area contributed by atoms with E-state index in [4.69, 9.17) is 10.9 Å². The Labute approximate surface area is 123 Å². The monoisotopic (exact) mass is 305 g/mol. The molecule has 0 spiro atoms. The minimum atomic E-state index is -0.984. The summed E-state index contributed by atoms with van der Waals surface area (Å²) in [4.78, 5) is 12.6. The highest BCUT2D eigenvalue weighted by atomic mass is 32.2. The Morgan fingerprint density at radius 2 is 1.90 bits per heavy atom. The number of hydrogen-bond acceptors (Lipinski definition) is 4. The third kappa shape index (κ3) is 5.11. The second-order valence-electron chi connectivity index (χ2n) is 5.18. The second kappa shape index (κ2) is 8.94. The van der Waals surface area contributed by atoms with Gasteiger partial charge < -0.3 is 16.3 Å². The summed E-state index contributed by atoms with van der Waals surface area (Å²) in [5.74, 6) is 0.0777.